The van der Waals surface area contributed by atoms with Crippen molar-refractivity contribution in [3.05, 3.63) is 35.9 Å². The van der Waals surface area contributed by atoms with Gasteiger partial charge in [-0.1, -0.05) is 51.1 Å². The molecule has 0 aliphatic heterocycles. The van der Waals surface area contributed by atoms with E-state index in [0.717, 1.165) is 18.4 Å². The van der Waals surface area contributed by atoms with Gasteiger partial charge in [-0.2, -0.15) is 0 Å². The molecule has 64 heavy (non-hydrogen) atoms. The fraction of sp³-hybridized carbons (Fsp3) is 0.619. The summed E-state index contributed by atoms with van der Waals surface area (Å²) in [4.78, 5) is 108. The monoisotopic (exact) mass is 909 g/mol. The Labute approximate surface area is 377 Å². The topological polar surface area (TPSA) is 371 Å². The van der Waals surface area contributed by atoms with Crippen LogP contribution in [0.3, 0.4) is 0 Å². The number of nitrogens with zero attached hydrogens (tertiary/aromatic N) is 3. The van der Waals surface area contributed by atoms with Crippen molar-refractivity contribution >= 4 is 60.1 Å². The van der Waals surface area contributed by atoms with Crippen LogP contribution in [0, 0.1) is 0 Å². The van der Waals surface area contributed by atoms with Crippen molar-refractivity contribution < 1.29 is 48.3 Å². The largest absolute Gasteiger partial charge is 0.483 e. The number of guanidine groups is 1. The Balaban J connectivity index is -0.00000103. The highest BCUT2D eigenvalue weighted by Gasteiger charge is 2.26. The van der Waals surface area contributed by atoms with Crippen molar-refractivity contribution in [1.29, 1.82) is 0 Å². The average Bonchev–Trinajstić information content (AvgIpc) is 3.25. The quantitative estimate of drug-likeness (QED) is 0.0184. The van der Waals surface area contributed by atoms with Crippen LogP contribution in [0.15, 0.2) is 35.3 Å². The molecule has 1 aromatic carbocycles. The Kier molecular flexibility index (Phi) is 40.9. The molecule has 1 aromatic rings. The third-order valence-corrected chi connectivity index (χ3v) is 8.65. The number of likely N-dealkylation sites (N-methyl/N-ethyl adjacent to an activating group) is 1. The van der Waals surface area contributed by atoms with E-state index in [4.69, 9.17) is 32.8 Å². The zero-order valence-corrected chi connectivity index (χ0v) is 38.2. The van der Waals surface area contributed by atoms with Gasteiger partial charge >= 0.3 is 0 Å². The molecule has 1 rings (SSSR count). The van der Waals surface area contributed by atoms with E-state index in [1.807, 2.05) is 44.2 Å². The first-order chi connectivity index (χ1) is 30.5. The van der Waals surface area contributed by atoms with Crippen LogP contribution in [0.1, 0.15) is 97.0 Å². The molecule has 0 saturated carbocycles. The van der Waals surface area contributed by atoms with Crippen LogP contribution in [0.5, 0.6) is 0 Å². The Morgan fingerprint density at radius 1 is 0.781 bits per heavy atom. The summed E-state index contributed by atoms with van der Waals surface area (Å²) in [5.74, 6) is -2.08. The molecular weight excluding hydrogens is 833 g/mol. The number of benzene rings is 1. The molecule has 2 unspecified atom stereocenters. The molecule has 0 fully saturated rings. The third kappa shape index (κ3) is 36.5. The third-order valence-electron chi connectivity index (χ3n) is 8.65. The van der Waals surface area contributed by atoms with Gasteiger partial charge < -0.3 is 69.6 Å². The maximum absolute atomic E-state index is 13.0. The highest BCUT2D eigenvalue weighted by atomic mass is 16.3. The summed E-state index contributed by atoms with van der Waals surface area (Å²) in [5.41, 5.74) is 27.0. The molecule has 0 heterocycles. The van der Waals surface area contributed by atoms with Crippen LogP contribution in [0.4, 0.5) is 0 Å². The molecular formula is C42H76N12O10. The molecule has 2 atom stereocenters. The molecule has 0 aromatic heterocycles. The fourth-order valence-corrected chi connectivity index (χ4v) is 5.39. The molecule has 0 aliphatic carbocycles. The molecule has 22 heteroatoms. The predicted molar refractivity (Wildman–Crippen MR) is 245 cm³/mol. The second kappa shape index (κ2) is 42.2. The van der Waals surface area contributed by atoms with Crippen LogP contribution < -0.4 is 49.9 Å². The average molecular weight is 909 g/mol. The van der Waals surface area contributed by atoms with Gasteiger partial charge in [0.15, 0.2) is 5.96 Å². The molecule has 0 saturated heterocycles. The summed E-state index contributed by atoms with van der Waals surface area (Å²) in [5, 5.41) is 17.7. The summed E-state index contributed by atoms with van der Waals surface area (Å²) < 4.78 is 0. The van der Waals surface area contributed by atoms with Crippen LogP contribution >= 0.6 is 0 Å². The first-order valence-electron chi connectivity index (χ1n) is 21.5. The normalized spacial score (nSPS) is 10.8. The minimum Gasteiger partial charge on any atom is -0.483 e. The van der Waals surface area contributed by atoms with Crippen LogP contribution in [0.25, 0.3) is 0 Å². The van der Waals surface area contributed by atoms with E-state index < -0.39 is 23.9 Å². The van der Waals surface area contributed by atoms with E-state index in [2.05, 4.69) is 32.0 Å². The molecule has 0 spiro atoms. The number of primary amides is 2. The van der Waals surface area contributed by atoms with E-state index >= 15 is 0 Å². The lowest BCUT2D eigenvalue weighted by Crippen LogP contribution is -2.52. The van der Waals surface area contributed by atoms with Crippen molar-refractivity contribution in [2.75, 3.05) is 59.4 Å². The molecule has 0 aliphatic rings. The maximum Gasteiger partial charge on any atom is 0.290 e. The van der Waals surface area contributed by atoms with E-state index in [9.17, 15) is 38.4 Å². The van der Waals surface area contributed by atoms with Crippen molar-refractivity contribution in [2.45, 2.75) is 110 Å². The number of unbranched alkanes of at least 4 members (excludes halogenated alkanes) is 2. The van der Waals surface area contributed by atoms with Gasteiger partial charge in [0.25, 0.3) is 6.47 Å². The first-order valence-corrected chi connectivity index (χ1v) is 21.5. The van der Waals surface area contributed by atoms with Crippen molar-refractivity contribution in [1.82, 2.24) is 31.1 Å². The number of carboxylic acid groups (broad SMARTS) is 1. The zero-order valence-electron chi connectivity index (χ0n) is 38.2. The molecule has 22 nitrogen and oxygen atoms in total. The molecule has 15 N–H and O–H groups in total. The van der Waals surface area contributed by atoms with Gasteiger partial charge in [0.2, 0.25) is 41.4 Å². The standard InChI is InChI=1S/C22H43N7O4.C16H24N4O3.C3H7NO.CH2O2/c1-3-13-28(15-16-30)21(33)18(9-5-7-11-23)27-19(31)17-29(14-4-2)20(32)10-6-8-12-26-22(24)25;1-18-13(7-8-14(17)21)16(23)20-11-15(22)19-10-9-12-5-3-2-4-6-12;1-2-3(4)5;2-1-3/h16,18H,3-15,17,23H2,1-2H3,(H,27,31)(H4,24,25,26);2-6,13,18H,7-11H2,1H3,(H2,17,21)(H,19,22)(H,20,23);2H2,1H3,(H2,4,5);1H,(H,2,3). The predicted octanol–water partition coefficient (Wildman–Crippen LogP) is -1.38. The minimum absolute atomic E-state index is 0.0176. The van der Waals surface area contributed by atoms with Gasteiger partial charge in [0.1, 0.15) is 12.3 Å². The Bertz CT molecular complexity index is 1510. The number of nitrogens with one attached hydrogen (secondary N) is 4. The SMILES string of the molecule is CCC(N)=O.CCCN(CC(=O)NC(CCCCN)C(=O)N(CC=O)CCC)C(=O)CCCCN=C(N)N.CNC(CCC(N)=O)C(=O)NCC(=O)NCCc1ccccc1.O=CO. The molecule has 0 bridgehead atoms. The maximum atomic E-state index is 13.0. The second-order valence-electron chi connectivity index (χ2n) is 14.0. The zero-order chi connectivity index (χ0) is 49.1. The number of carbonyl (C=O) groups is 9. The minimum atomic E-state index is -0.756. The number of nitrogens with two attached hydrogens (primary N) is 5. The summed E-state index contributed by atoms with van der Waals surface area (Å²) >= 11 is 0. The first kappa shape index (κ1) is 62.1. The molecule has 7 amide bonds. The van der Waals surface area contributed by atoms with Gasteiger partial charge in [0.05, 0.1) is 25.7 Å². The number of aldehydes is 1. The van der Waals surface area contributed by atoms with Gasteiger partial charge in [-0.25, -0.2) is 0 Å². The summed E-state index contributed by atoms with van der Waals surface area (Å²) in [6.45, 7) is 7.41. The number of carbonyl (C=O) groups excluding carboxylic acids is 8. The van der Waals surface area contributed by atoms with Crippen LogP contribution in [-0.4, -0.2) is 146 Å². The van der Waals surface area contributed by atoms with E-state index in [-0.39, 0.29) is 74.4 Å². The van der Waals surface area contributed by atoms with E-state index in [1.54, 1.807) is 14.0 Å². The Morgan fingerprint density at radius 3 is 1.91 bits per heavy atom. The number of aliphatic imine (C=N–C) groups is 1. The lowest BCUT2D eigenvalue weighted by atomic mass is 10.1. The number of rotatable bonds is 30. The second-order valence-corrected chi connectivity index (χ2v) is 14.0. The molecule has 0 radical (unpaired) electrons. The lowest BCUT2D eigenvalue weighted by Gasteiger charge is -2.28. The Hall–Kier alpha value is -6.16. The van der Waals surface area contributed by atoms with Crippen molar-refractivity contribution in [3.63, 3.8) is 0 Å². The van der Waals surface area contributed by atoms with Crippen LogP contribution in [-0.2, 0) is 49.6 Å². The molecule has 364 valence electrons. The number of hydrogen-bond donors (Lipinski definition) is 10. The smallest absolute Gasteiger partial charge is 0.290 e. The summed E-state index contributed by atoms with van der Waals surface area (Å²) in [7, 11) is 1.62. The Morgan fingerprint density at radius 2 is 1.39 bits per heavy atom. The van der Waals surface area contributed by atoms with Gasteiger partial charge in [0, 0.05) is 45.4 Å². The van der Waals surface area contributed by atoms with Gasteiger partial charge in [-0.3, -0.25) is 43.3 Å². The summed E-state index contributed by atoms with van der Waals surface area (Å²) in [6.07, 6.45) is 7.05. The van der Waals surface area contributed by atoms with E-state index in [1.165, 1.54) is 9.80 Å². The van der Waals surface area contributed by atoms with Gasteiger partial charge in [-0.15, -0.1) is 0 Å². The van der Waals surface area contributed by atoms with Crippen molar-refractivity contribution in [2.24, 2.45) is 33.7 Å². The van der Waals surface area contributed by atoms with Crippen molar-refractivity contribution in [3.8, 4) is 0 Å². The fourth-order valence-electron chi connectivity index (χ4n) is 5.39. The lowest BCUT2D eigenvalue weighted by molar-refractivity contribution is -0.139. The summed E-state index contributed by atoms with van der Waals surface area (Å²) in [6, 6.07) is 8.51. The highest BCUT2D eigenvalue weighted by Crippen LogP contribution is 2.08. The van der Waals surface area contributed by atoms with Crippen LogP contribution in [0.2, 0.25) is 0 Å². The van der Waals surface area contributed by atoms with Gasteiger partial charge in [-0.05, 0) is 76.9 Å². The number of hydrogen-bond acceptors (Lipinski definition) is 12. The highest BCUT2D eigenvalue weighted by molar-refractivity contribution is 5.91. The van der Waals surface area contributed by atoms with E-state index in [0.29, 0.717) is 90.4 Å². The number of amides is 7.